The van der Waals surface area contributed by atoms with Crippen molar-refractivity contribution in [1.82, 2.24) is 19.8 Å². The molecule has 2 aromatic rings. The first-order valence-corrected chi connectivity index (χ1v) is 12.4. The number of sulfone groups is 1. The molecule has 3 amide bonds. The third kappa shape index (κ3) is 4.54. The number of carbonyl (C=O) groups is 2. The number of hydrazine groups is 1. The molecule has 2 aliphatic rings. The number of aliphatic hydroxyl groups excluding tert-OH is 1. The van der Waals surface area contributed by atoms with E-state index in [9.17, 15) is 23.1 Å². The average Bonchev–Trinajstić information content (AvgIpc) is 3.11. The molecule has 0 aromatic heterocycles. The van der Waals surface area contributed by atoms with Crippen LogP contribution in [-0.4, -0.2) is 103 Å². The van der Waals surface area contributed by atoms with Crippen molar-refractivity contribution in [3.05, 3.63) is 41.4 Å². The number of aliphatic hydroxyl groups is 1. The van der Waals surface area contributed by atoms with E-state index in [-0.39, 0.29) is 10.9 Å². The lowest BCUT2D eigenvalue weighted by atomic mass is 10.1. The minimum Gasteiger partial charge on any atom is -0.382 e. The Hall–Kier alpha value is -2.40. The molecule has 11 heteroatoms. The van der Waals surface area contributed by atoms with Crippen molar-refractivity contribution in [1.29, 1.82) is 0 Å². The highest BCUT2D eigenvalue weighted by Gasteiger charge is 2.35. The third-order valence-corrected chi connectivity index (χ3v) is 7.86. The molecule has 172 valence electrons. The maximum Gasteiger partial charge on any atom is 0.334 e. The van der Waals surface area contributed by atoms with Crippen molar-refractivity contribution >= 4 is 44.1 Å². The van der Waals surface area contributed by atoms with E-state index in [4.69, 9.17) is 11.6 Å². The van der Waals surface area contributed by atoms with Crippen molar-refractivity contribution in [3.8, 4) is 0 Å². The van der Waals surface area contributed by atoms with Crippen LogP contribution in [0.25, 0.3) is 10.8 Å². The SMILES string of the molecule is CN1CCN(N2CCN(C(=O)C(O)CS(=O)(=O)c3ccc4cc(Cl)ccc4c3)CC2)C1=O. The fraction of sp³-hybridized carbons (Fsp3) is 0.429. The highest BCUT2D eigenvalue weighted by atomic mass is 35.5. The predicted molar refractivity (Wildman–Crippen MR) is 120 cm³/mol. The van der Waals surface area contributed by atoms with Gasteiger partial charge in [-0.25, -0.2) is 18.2 Å². The Morgan fingerprint density at radius 3 is 2.34 bits per heavy atom. The number of halogens is 1. The number of carbonyl (C=O) groups excluding carboxylic acids is 2. The summed E-state index contributed by atoms with van der Waals surface area (Å²) in [5.74, 6) is -1.31. The molecule has 1 atom stereocenters. The van der Waals surface area contributed by atoms with E-state index in [2.05, 4.69) is 0 Å². The van der Waals surface area contributed by atoms with Crippen LogP contribution in [0.2, 0.25) is 5.02 Å². The van der Waals surface area contributed by atoms with Crippen LogP contribution < -0.4 is 0 Å². The van der Waals surface area contributed by atoms with Gasteiger partial charge in [0, 0.05) is 44.8 Å². The zero-order chi connectivity index (χ0) is 23.0. The van der Waals surface area contributed by atoms with E-state index >= 15 is 0 Å². The lowest BCUT2D eigenvalue weighted by Crippen LogP contribution is -2.57. The first-order chi connectivity index (χ1) is 15.2. The second kappa shape index (κ2) is 8.86. The molecule has 0 bridgehead atoms. The second-order valence-corrected chi connectivity index (χ2v) is 10.5. The van der Waals surface area contributed by atoms with Gasteiger partial charge >= 0.3 is 6.03 Å². The Labute approximate surface area is 191 Å². The van der Waals surface area contributed by atoms with Crippen LogP contribution in [0.15, 0.2) is 41.3 Å². The molecule has 2 heterocycles. The van der Waals surface area contributed by atoms with E-state index in [0.717, 1.165) is 5.39 Å². The molecule has 2 aliphatic heterocycles. The smallest absolute Gasteiger partial charge is 0.334 e. The van der Waals surface area contributed by atoms with Gasteiger partial charge in [0.05, 0.1) is 17.2 Å². The first kappa shape index (κ1) is 22.8. The number of benzene rings is 2. The van der Waals surface area contributed by atoms with Crippen LogP contribution in [0, 0.1) is 0 Å². The van der Waals surface area contributed by atoms with E-state index in [1.165, 1.54) is 17.0 Å². The Morgan fingerprint density at radius 1 is 1.03 bits per heavy atom. The Balaban J connectivity index is 1.38. The normalized spacial score (nSPS) is 19.1. The summed E-state index contributed by atoms with van der Waals surface area (Å²) in [5, 5.41) is 16.0. The standard InChI is InChI=1S/C21H25ClN4O5S/c1-23-6-11-26(21(23)29)25-9-7-24(8-10-25)20(28)19(27)14-32(30,31)18-5-3-15-12-17(22)4-2-16(15)13-18/h2-5,12-13,19,27H,6-11,14H2,1H3. The lowest BCUT2D eigenvalue weighted by Gasteiger charge is -2.39. The minimum absolute atomic E-state index is 0.0423. The van der Waals surface area contributed by atoms with Crippen molar-refractivity contribution in [2.24, 2.45) is 0 Å². The van der Waals surface area contributed by atoms with Gasteiger partial charge in [-0.3, -0.25) is 9.80 Å². The minimum atomic E-state index is -3.88. The molecule has 0 saturated carbocycles. The van der Waals surface area contributed by atoms with Crippen LogP contribution in [0.1, 0.15) is 0 Å². The Morgan fingerprint density at radius 2 is 1.69 bits per heavy atom. The van der Waals surface area contributed by atoms with Gasteiger partial charge in [0.2, 0.25) is 0 Å². The van der Waals surface area contributed by atoms with Gasteiger partial charge in [-0.2, -0.15) is 0 Å². The number of rotatable bonds is 5. The van der Waals surface area contributed by atoms with Crippen molar-refractivity contribution in [2.75, 3.05) is 52.1 Å². The molecular weight excluding hydrogens is 456 g/mol. The van der Waals surface area contributed by atoms with Crippen molar-refractivity contribution < 1.29 is 23.1 Å². The molecule has 4 rings (SSSR count). The van der Waals surface area contributed by atoms with Gasteiger partial charge in [-0.15, -0.1) is 0 Å². The number of hydrogen-bond acceptors (Lipinski definition) is 6. The summed E-state index contributed by atoms with van der Waals surface area (Å²) in [6.07, 6.45) is -1.66. The predicted octanol–water partition coefficient (Wildman–Crippen LogP) is 1.05. The van der Waals surface area contributed by atoms with Crippen LogP contribution in [0.5, 0.6) is 0 Å². The third-order valence-electron chi connectivity index (χ3n) is 5.90. The van der Waals surface area contributed by atoms with Crippen LogP contribution in [0.4, 0.5) is 4.79 Å². The van der Waals surface area contributed by atoms with E-state index in [1.54, 1.807) is 41.2 Å². The molecule has 1 N–H and O–H groups in total. The highest BCUT2D eigenvalue weighted by Crippen LogP contribution is 2.24. The summed E-state index contributed by atoms with van der Waals surface area (Å²) in [4.78, 5) is 27.9. The topological polar surface area (TPSA) is 101 Å². The van der Waals surface area contributed by atoms with Crippen molar-refractivity contribution in [3.63, 3.8) is 0 Å². The number of hydrogen-bond donors (Lipinski definition) is 1. The summed E-state index contributed by atoms with van der Waals surface area (Å²) in [5.41, 5.74) is 0. The molecule has 0 radical (unpaired) electrons. The molecule has 9 nitrogen and oxygen atoms in total. The number of piperazine rings is 1. The van der Waals surface area contributed by atoms with Crippen LogP contribution >= 0.6 is 11.6 Å². The van der Waals surface area contributed by atoms with Crippen LogP contribution in [-0.2, 0) is 14.6 Å². The van der Waals surface area contributed by atoms with E-state index in [0.29, 0.717) is 49.7 Å². The van der Waals surface area contributed by atoms with Crippen molar-refractivity contribution in [2.45, 2.75) is 11.0 Å². The number of nitrogens with zero attached hydrogens (tertiary/aromatic N) is 4. The molecular formula is C21H25ClN4O5S. The van der Waals surface area contributed by atoms with Gasteiger partial charge < -0.3 is 14.9 Å². The maximum atomic E-state index is 12.8. The zero-order valence-corrected chi connectivity index (χ0v) is 19.2. The average molecular weight is 481 g/mol. The number of amides is 3. The molecule has 2 fully saturated rings. The fourth-order valence-corrected chi connectivity index (χ4v) is 5.54. The first-order valence-electron chi connectivity index (χ1n) is 10.3. The molecule has 32 heavy (non-hydrogen) atoms. The fourth-order valence-electron chi connectivity index (χ4n) is 4.03. The van der Waals surface area contributed by atoms with Gasteiger partial charge in [0.15, 0.2) is 9.84 Å². The van der Waals surface area contributed by atoms with Gasteiger partial charge in [-0.05, 0) is 35.0 Å². The van der Waals surface area contributed by atoms with Gasteiger partial charge in [0.25, 0.3) is 5.91 Å². The molecule has 2 saturated heterocycles. The summed E-state index contributed by atoms with van der Waals surface area (Å²) < 4.78 is 25.6. The molecule has 2 aromatic carbocycles. The molecule has 1 unspecified atom stereocenters. The lowest BCUT2D eigenvalue weighted by molar-refractivity contribution is -0.142. The number of urea groups is 1. The maximum absolute atomic E-state index is 12.8. The zero-order valence-electron chi connectivity index (χ0n) is 17.6. The summed E-state index contributed by atoms with van der Waals surface area (Å²) in [7, 11) is -2.14. The summed E-state index contributed by atoms with van der Waals surface area (Å²) >= 11 is 5.97. The monoisotopic (exact) mass is 480 g/mol. The Kier molecular flexibility index (Phi) is 6.30. The summed E-state index contributed by atoms with van der Waals surface area (Å²) in [6, 6.07) is 9.67. The van der Waals surface area contributed by atoms with Gasteiger partial charge in [-0.1, -0.05) is 23.7 Å². The highest BCUT2D eigenvalue weighted by molar-refractivity contribution is 7.91. The molecule has 0 spiro atoms. The molecule has 0 aliphatic carbocycles. The second-order valence-electron chi connectivity index (χ2n) is 8.06. The van der Waals surface area contributed by atoms with E-state index < -0.39 is 27.6 Å². The largest absolute Gasteiger partial charge is 0.382 e. The quantitative estimate of drug-likeness (QED) is 0.686. The number of likely N-dealkylation sites (N-methyl/N-ethyl adjacent to an activating group) is 1. The van der Waals surface area contributed by atoms with Crippen LogP contribution in [0.3, 0.4) is 0 Å². The number of fused-ring (bicyclic) bond motifs is 1. The van der Waals surface area contributed by atoms with Gasteiger partial charge in [0.1, 0.15) is 6.10 Å². The Bertz CT molecular complexity index is 1150. The summed E-state index contributed by atoms with van der Waals surface area (Å²) in [6.45, 7) is 2.74. The van der Waals surface area contributed by atoms with E-state index in [1.807, 2.05) is 5.01 Å².